The number of carbonyl (C=O) groups is 1. The maximum atomic E-state index is 13.0. The standard InChI is InChI=1S/C30H23N5O3S/c1-38-30-21(8-5-13-31-30)19-10-12-25(36)22(14-19)28-34-23-11-9-20(15-24(23)35-28)29(37)32-16-26-27(33-17-39-26)18-6-3-2-4-7-18/h2-15,17,36H,16H2,1H3,(H,32,37)(H,34,35). The highest BCUT2D eigenvalue weighted by Gasteiger charge is 2.16. The summed E-state index contributed by atoms with van der Waals surface area (Å²) < 4.78 is 5.39. The Kier molecular flexibility index (Phi) is 6.48. The number of aromatic hydroxyl groups is 1. The number of hydrogen-bond donors (Lipinski definition) is 3. The van der Waals surface area contributed by atoms with E-state index < -0.39 is 0 Å². The molecule has 0 aliphatic carbocycles. The first-order valence-corrected chi connectivity index (χ1v) is 13.1. The van der Waals surface area contributed by atoms with Crippen molar-refractivity contribution in [2.45, 2.75) is 6.54 Å². The Morgan fingerprint density at radius 3 is 2.69 bits per heavy atom. The highest BCUT2D eigenvalue weighted by Crippen LogP contribution is 2.35. The number of methoxy groups -OCH3 is 1. The molecule has 3 aromatic carbocycles. The summed E-state index contributed by atoms with van der Waals surface area (Å²) in [6, 6.07) is 24.2. The zero-order valence-corrected chi connectivity index (χ0v) is 21.7. The second kappa shape index (κ2) is 10.4. The summed E-state index contributed by atoms with van der Waals surface area (Å²) >= 11 is 1.51. The fraction of sp³-hybridized carbons (Fsp3) is 0.0667. The average Bonchev–Trinajstić information content (AvgIpc) is 3.63. The van der Waals surface area contributed by atoms with Gasteiger partial charge in [-0.25, -0.2) is 15.0 Å². The second-order valence-corrected chi connectivity index (χ2v) is 9.72. The molecule has 0 saturated carbocycles. The minimum Gasteiger partial charge on any atom is -0.507 e. The number of amides is 1. The lowest BCUT2D eigenvalue weighted by atomic mass is 10.0. The molecule has 3 N–H and O–H groups in total. The van der Waals surface area contributed by atoms with E-state index in [4.69, 9.17) is 4.74 Å². The number of thiazole rings is 1. The fourth-order valence-corrected chi connectivity index (χ4v) is 5.15. The van der Waals surface area contributed by atoms with E-state index in [1.165, 1.54) is 11.3 Å². The first-order chi connectivity index (χ1) is 19.1. The Morgan fingerprint density at radius 2 is 1.85 bits per heavy atom. The van der Waals surface area contributed by atoms with E-state index in [0.29, 0.717) is 34.9 Å². The third-order valence-electron chi connectivity index (χ3n) is 6.37. The third kappa shape index (κ3) is 4.83. The Hall–Kier alpha value is -5.02. The molecule has 3 heterocycles. The number of ether oxygens (including phenoxy) is 1. The van der Waals surface area contributed by atoms with Gasteiger partial charge in [0.25, 0.3) is 5.91 Å². The fourth-order valence-electron chi connectivity index (χ4n) is 4.43. The third-order valence-corrected chi connectivity index (χ3v) is 7.20. The number of phenols is 1. The summed E-state index contributed by atoms with van der Waals surface area (Å²) in [6.45, 7) is 0.371. The first-order valence-electron chi connectivity index (χ1n) is 12.2. The minimum absolute atomic E-state index is 0.0809. The van der Waals surface area contributed by atoms with Gasteiger partial charge in [-0.15, -0.1) is 11.3 Å². The Bertz CT molecular complexity index is 1800. The lowest BCUT2D eigenvalue weighted by Crippen LogP contribution is -2.22. The molecule has 0 fully saturated rings. The molecule has 9 heteroatoms. The number of phenolic OH excluding ortho intramolecular Hbond substituents is 1. The van der Waals surface area contributed by atoms with Crippen LogP contribution in [0.1, 0.15) is 15.2 Å². The van der Waals surface area contributed by atoms with E-state index in [0.717, 1.165) is 32.8 Å². The van der Waals surface area contributed by atoms with E-state index in [9.17, 15) is 9.90 Å². The number of pyridine rings is 1. The van der Waals surface area contributed by atoms with Crippen LogP contribution in [0.4, 0.5) is 0 Å². The molecule has 1 amide bonds. The van der Waals surface area contributed by atoms with E-state index in [-0.39, 0.29) is 11.7 Å². The molecule has 8 nitrogen and oxygen atoms in total. The molecule has 0 spiro atoms. The van der Waals surface area contributed by atoms with Gasteiger partial charge in [0, 0.05) is 22.9 Å². The van der Waals surface area contributed by atoms with Crippen LogP contribution in [0, 0.1) is 0 Å². The van der Waals surface area contributed by atoms with Crippen molar-refractivity contribution in [2.24, 2.45) is 0 Å². The van der Waals surface area contributed by atoms with Gasteiger partial charge in [0.2, 0.25) is 5.88 Å². The molecular weight excluding hydrogens is 510 g/mol. The van der Waals surface area contributed by atoms with Crippen LogP contribution in [-0.4, -0.2) is 38.1 Å². The van der Waals surface area contributed by atoms with Crippen molar-refractivity contribution in [2.75, 3.05) is 7.11 Å². The Labute approximate surface area is 228 Å². The van der Waals surface area contributed by atoms with E-state index in [1.807, 2.05) is 54.6 Å². The van der Waals surface area contributed by atoms with Gasteiger partial charge in [-0.3, -0.25) is 4.79 Å². The number of imidazole rings is 1. The van der Waals surface area contributed by atoms with Gasteiger partial charge in [-0.05, 0) is 48.0 Å². The summed E-state index contributed by atoms with van der Waals surface area (Å²) in [5.41, 5.74) is 7.68. The molecule has 6 rings (SSSR count). The van der Waals surface area contributed by atoms with Crippen LogP contribution in [-0.2, 0) is 6.54 Å². The van der Waals surface area contributed by atoms with Gasteiger partial charge < -0.3 is 20.1 Å². The Balaban J connectivity index is 1.25. The van der Waals surface area contributed by atoms with Crippen LogP contribution in [0.25, 0.3) is 44.8 Å². The van der Waals surface area contributed by atoms with Crippen molar-refractivity contribution in [3.63, 3.8) is 0 Å². The predicted octanol–water partition coefficient (Wildman–Crippen LogP) is 6.06. The molecule has 0 radical (unpaired) electrons. The summed E-state index contributed by atoms with van der Waals surface area (Å²) in [5.74, 6) is 0.852. The average molecular weight is 534 g/mol. The SMILES string of the molecule is COc1ncccc1-c1ccc(O)c(-c2nc3cc(C(=O)NCc4scnc4-c4ccccc4)ccc3[nH]2)c1. The van der Waals surface area contributed by atoms with Gasteiger partial charge >= 0.3 is 0 Å². The normalized spacial score (nSPS) is 11.0. The summed E-state index contributed by atoms with van der Waals surface area (Å²) in [6.07, 6.45) is 1.66. The second-order valence-electron chi connectivity index (χ2n) is 8.78. The lowest BCUT2D eigenvalue weighted by molar-refractivity contribution is 0.0951. The van der Waals surface area contributed by atoms with Crippen molar-refractivity contribution in [1.29, 1.82) is 0 Å². The largest absolute Gasteiger partial charge is 0.507 e. The smallest absolute Gasteiger partial charge is 0.251 e. The molecule has 0 saturated heterocycles. The number of nitrogens with zero attached hydrogens (tertiary/aromatic N) is 3. The van der Waals surface area contributed by atoms with Crippen molar-refractivity contribution in [3.8, 4) is 45.4 Å². The maximum absolute atomic E-state index is 13.0. The first kappa shape index (κ1) is 24.3. The van der Waals surface area contributed by atoms with Crippen molar-refractivity contribution < 1.29 is 14.6 Å². The molecule has 0 atom stereocenters. The van der Waals surface area contributed by atoms with E-state index >= 15 is 0 Å². The number of hydrogen-bond acceptors (Lipinski definition) is 7. The van der Waals surface area contributed by atoms with E-state index in [2.05, 4.69) is 25.3 Å². The number of rotatable bonds is 7. The number of H-pyrrole nitrogens is 1. The highest BCUT2D eigenvalue weighted by atomic mass is 32.1. The van der Waals surface area contributed by atoms with Crippen molar-refractivity contribution >= 4 is 28.3 Å². The molecule has 6 aromatic rings. The minimum atomic E-state index is -0.206. The molecular formula is C30H23N5O3S. The highest BCUT2D eigenvalue weighted by molar-refractivity contribution is 7.10. The number of aromatic amines is 1. The Morgan fingerprint density at radius 1 is 0.974 bits per heavy atom. The molecule has 0 aliphatic heterocycles. The number of benzene rings is 3. The number of fused-ring (bicyclic) bond motifs is 1. The predicted molar refractivity (Wildman–Crippen MR) is 152 cm³/mol. The molecule has 0 bridgehead atoms. The van der Waals surface area contributed by atoms with Gasteiger partial charge in [0.1, 0.15) is 11.6 Å². The van der Waals surface area contributed by atoms with Gasteiger partial charge in [0.05, 0.1) is 46.3 Å². The van der Waals surface area contributed by atoms with Gasteiger partial charge in [0.15, 0.2) is 0 Å². The van der Waals surface area contributed by atoms with E-state index in [1.54, 1.807) is 43.1 Å². The zero-order valence-electron chi connectivity index (χ0n) is 20.9. The number of carbonyl (C=O) groups excluding carboxylic acids is 1. The quantitative estimate of drug-likeness (QED) is 0.230. The van der Waals surface area contributed by atoms with Crippen LogP contribution in [0.15, 0.2) is 90.6 Å². The molecule has 0 aliphatic rings. The molecule has 0 unspecified atom stereocenters. The molecule has 3 aromatic heterocycles. The summed E-state index contributed by atoms with van der Waals surface area (Å²) in [7, 11) is 1.57. The summed E-state index contributed by atoms with van der Waals surface area (Å²) in [4.78, 5) is 30.6. The van der Waals surface area contributed by atoms with Crippen LogP contribution in [0.2, 0.25) is 0 Å². The topological polar surface area (TPSA) is 113 Å². The number of nitrogens with one attached hydrogen (secondary N) is 2. The van der Waals surface area contributed by atoms with Gasteiger partial charge in [-0.1, -0.05) is 36.4 Å². The monoisotopic (exact) mass is 533 g/mol. The van der Waals surface area contributed by atoms with Crippen LogP contribution in [0.5, 0.6) is 11.6 Å². The van der Waals surface area contributed by atoms with Crippen molar-refractivity contribution in [3.05, 3.63) is 101 Å². The zero-order chi connectivity index (χ0) is 26.8. The molecule has 39 heavy (non-hydrogen) atoms. The van der Waals surface area contributed by atoms with Crippen LogP contribution in [0.3, 0.4) is 0 Å². The van der Waals surface area contributed by atoms with Crippen molar-refractivity contribution in [1.82, 2.24) is 25.3 Å². The maximum Gasteiger partial charge on any atom is 0.251 e. The summed E-state index contributed by atoms with van der Waals surface area (Å²) in [5, 5.41) is 13.6. The van der Waals surface area contributed by atoms with Gasteiger partial charge in [-0.2, -0.15) is 0 Å². The lowest BCUT2D eigenvalue weighted by Gasteiger charge is -2.09. The number of aromatic nitrogens is 4. The molecule has 192 valence electrons. The van der Waals surface area contributed by atoms with Crippen LogP contribution < -0.4 is 10.1 Å². The van der Waals surface area contributed by atoms with Crippen LogP contribution >= 0.6 is 11.3 Å².